The van der Waals surface area contributed by atoms with Crippen molar-refractivity contribution in [2.75, 3.05) is 44.7 Å². The summed E-state index contributed by atoms with van der Waals surface area (Å²) in [4.78, 5) is 44.1. The molecule has 7 heteroatoms. The maximum atomic E-state index is 12.9. The highest BCUT2D eigenvalue weighted by Gasteiger charge is 2.56. The molecule has 0 aromatic heterocycles. The first-order valence-electron chi connectivity index (χ1n) is 11.3. The standard InChI is InChI=1S/C24H29N3O4/c1-31-19-8-6-18(7-9-19)25-12-14-26(15-13-25)20(28)10-11-27-23(29)21-16-2-3-17(5-4-16)22(21)24(27)30/h2-3,6-9,16-17,21-22H,4-5,10-15H2,1H3/t16-,17-,21-,22+/m0/s1. The number of hydrogen-bond donors (Lipinski definition) is 0. The molecule has 164 valence electrons. The van der Waals surface area contributed by atoms with E-state index in [0.29, 0.717) is 13.1 Å². The summed E-state index contributed by atoms with van der Waals surface area (Å²) in [6.07, 6.45) is 6.44. The minimum absolute atomic E-state index is 0.0194. The van der Waals surface area contributed by atoms with Gasteiger partial charge in [-0.15, -0.1) is 0 Å². The predicted octanol–water partition coefficient (Wildman–Crippen LogP) is 1.93. The van der Waals surface area contributed by atoms with Crippen molar-refractivity contribution in [2.24, 2.45) is 23.7 Å². The third-order valence-electron chi connectivity index (χ3n) is 7.47. The number of ether oxygens (including phenoxy) is 1. The van der Waals surface area contributed by atoms with Crippen LogP contribution in [-0.4, -0.2) is 67.4 Å². The Balaban J connectivity index is 1.14. The van der Waals surface area contributed by atoms with Crippen molar-refractivity contribution in [3.8, 4) is 5.75 Å². The molecule has 3 aliphatic carbocycles. The van der Waals surface area contributed by atoms with Gasteiger partial charge >= 0.3 is 0 Å². The molecule has 3 amide bonds. The van der Waals surface area contributed by atoms with Gasteiger partial charge in [-0.05, 0) is 48.9 Å². The molecule has 5 aliphatic rings. The lowest BCUT2D eigenvalue weighted by Gasteiger charge is -2.38. The van der Waals surface area contributed by atoms with Crippen molar-refractivity contribution in [1.29, 1.82) is 0 Å². The molecule has 2 bridgehead atoms. The molecule has 0 radical (unpaired) electrons. The fourth-order valence-electron chi connectivity index (χ4n) is 5.73. The molecule has 0 N–H and O–H groups in total. The fourth-order valence-corrected chi connectivity index (χ4v) is 5.73. The highest BCUT2D eigenvalue weighted by atomic mass is 16.5. The largest absolute Gasteiger partial charge is 0.497 e. The predicted molar refractivity (Wildman–Crippen MR) is 115 cm³/mol. The van der Waals surface area contributed by atoms with Crippen molar-refractivity contribution in [3.63, 3.8) is 0 Å². The lowest BCUT2D eigenvalue weighted by Crippen LogP contribution is -2.49. The highest BCUT2D eigenvalue weighted by Crippen LogP contribution is 2.49. The minimum atomic E-state index is -0.195. The van der Waals surface area contributed by atoms with Gasteiger partial charge in [0.2, 0.25) is 17.7 Å². The summed E-state index contributed by atoms with van der Waals surface area (Å²) < 4.78 is 5.21. The first-order valence-corrected chi connectivity index (χ1v) is 11.3. The van der Waals surface area contributed by atoms with E-state index < -0.39 is 0 Å². The Kier molecular flexibility index (Phi) is 5.20. The van der Waals surface area contributed by atoms with E-state index in [4.69, 9.17) is 4.74 Å². The Labute approximate surface area is 182 Å². The first-order chi connectivity index (χ1) is 15.1. The van der Waals surface area contributed by atoms with Gasteiger partial charge in [0.15, 0.2) is 0 Å². The zero-order valence-electron chi connectivity index (χ0n) is 17.9. The van der Waals surface area contributed by atoms with Crippen LogP contribution in [-0.2, 0) is 14.4 Å². The molecule has 0 spiro atoms. The molecule has 1 saturated carbocycles. The molecule has 31 heavy (non-hydrogen) atoms. The summed E-state index contributed by atoms with van der Waals surface area (Å²) in [7, 11) is 1.65. The van der Waals surface area contributed by atoms with Crippen LogP contribution in [0.2, 0.25) is 0 Å². The highest BCUT2D eigenvalue weighted by molar-refractivity contribution is 6.06. The van der Waals surface area contributed by atoms with Crippen molar-refractivity contribution in [1.82, 2.24) is 9.80 Å². The summed E-state index contributed by atoms with van der Waals surface area (Å²) in [5, 5.41) is 0. The molecule has 2 aliphatic heterocycles. The van der Waals surface area contributed by atoms with Crippen LogP contribution in [0, 0.1) is 23.7 Å². The number of imide groups is 1. The summed E-state index contributed by atoms with van der Waals surface area (Å²) in [5.41, 5.74) is 1.12. The average Bonchev–Trinajstić information content (AvgIpc) is 3.10. The fraction of sp³-hybridized carbons (Fsp3) is 0.542. The van der Waals surface area contributed by atoms with Crippen LogP contribution in [0.15, 0.2) is 36.4 Å². The van der Waals surface area contributed by atoms with Gasteiger partial charge in [0.1, 0.15) is 5.75 Å². The number of rotatable bonds is 5. The van der Waals surface area contributed by atoms with E-state index in [1.165, 1.54) is 4.90 Å². The smallest absolute Gasteiger partial charge is 0.233 e. The second-order valence-corrected chi connectivity index (χ2v) is 8.99. The van der Waals surface area contributed by atoms with Crippen LogP contribution in [0.1, 0.15) is 19.3 Å². The van der Waals surface area contributed by atoms with Crippen LogP contribution in [0.4, 0.5) is 5.69 Å². The van der Waals surface area contributed by atoms with Crippen LogP contribution in [0.5, 0.6) is 5.75 Å². The Hall–Kier alpha value is -2.83. The van der Waals surface area contributed by atoms with Crippen LogP contribution >= 0.6 is 0 Å². The zero-order valence-corrected chi connectivity index (χ0v) is 17.9. The third-order valence-corrected chi connectivity index (χ3v) is 7.47. The van der Waals surface area contributed by atoms with Gasteiger partial charge in [0.05, 0.1) is 18.9 Å². The summed E-state index contributed by atoms with van der Waals surface area (Å²) in [6, 6.07) is 7.94. The summed E-state index contributed by atoms with van der Waals surface area (Å²) >= 11 is 0. The van der Waals surface area contributed by atoms with Crippen molar-refractivity contribution in [3.05, 3.63) is 36.4 Å². The van der Waals surface area contributed by atoms with E-state index in [1.807, 2.05) is 29.2 Å². The van der Waals surface area contributed by atoms with Gasteiger partial charge in [-0.1, -0.05) is 12.2 Å². The normalized spacial score (nSPS) is 29.5. The van der Waals surface area contributed by atoms with Gasteiger partial charge in [0.25, 0.3) is 0 Å². The average molecular weight is 424 g/mol. The number of carbonyl (C=O) groups excluding carboxylic acids is 3. The van der Waals surface area contributed by atoms with E-state index in [9.17, 15) is 14.4 Å². The van der Waals surface area contributed by atoms with E-state index in [-0.39, 0.29) is 54.4 Å². The van der Waals surface area contributed by atoms with Gasteiger partial charge in [0, 0.05) is 44.8 Å². The lowest BCUT2D eigenvalue weighted by atomic mass is 9.63. The number of allylic oxidation sites excluding steroid dienone is 2. The van der Waals surface area contributed by atoms with Crippen molar-refractivity contribution in [2.45, 2.75) is 19.3 Å². The number of benzene rings is 1. The molecule has 6 rings (SSSR count). The number of piperazine rings is 1. The van der Waals surface area contributed by atoms with Crippen molar-refractivity contribution >= 4 is 23.4 Å². The number of hydrogen-bond acceptors (Lipinski definition) is 5. The number of likely N-dealkylation sites (tertiary alicyclic amines) is 1. The Morgan fingerprint density at radius 3 is 2.03 bits per heavy atom. The second kappa shape index (κ2) is 8.02. The van der Waals surface area contributed by atoms with E-state index >= 15 is 0 Å². The molecular weight excluding hydrogens is 394 g/mol. The molecule has 7 nitrogen and oxygen atoms in total. The number of amides is 3. The molecule has 2 heterocycles. The topological polar surface area (TPSA) is 70.2 Å². The molecule has 4 atom stereocenters. The van der Waals surface area contributed by atoms with E-state index in [2.05, 4.69) is 17.1 Å². The number of anilines is 1. The molecule has 1 aromatic rings. The van der Waals surface area contributed by atoms with Gasteiger partial charge in [-0.3, -0.25) is 19.3 Å². The van der Waals surface area contributed by atoms with Gasteiger partial charge in [-0.25, -0.2) is 0 Å². The molecule has 3 fully saturated rings. The van der Waals surface area contributed by atoms with Crippen LogP contribution in [0.3, 0.4) is 0 Å². The Bertz CT molecular complexity index is 872. The van der Waals surface area contributed by atoms with Gasteiger partial charge < -0.3 is 14.5 Å². The number of methoxy groups -OCH3 is 1. The zero-order chi connectivity index (χ0) is 21.5. The van der Waals surface area contributed by atoms with Crippen LogP contribution < -0.4 is 9.64 Å². The minimum Gasteiger partial charge on any atom is -0.497 e. The second-order valence-electron chi connectivity index (χ2n) is 8.99. The SMILES string of the molecule is COc1ccc(N2CCN(C(=O)CCN3C(=O)[C@@H]4[C@H](C3=O)[C@H]3C=C[C@H]4CC3)CC2)cc1. The molecule has 0 unspecified atom stereocenters. The van der Waals surface area contributed by atoms with Crippen molar-refractivity contribution < 1.29 is 19.1 Å². The lowest BCUT2D eigenvalue weighted by molar-refractivity contribution is -0.141. The third kappa shape index (κ3) is 3.50. The maximum Gasteiger partial charge on any atom is 0.233 e. The number of carbonyl (C=O) groups is 3. The van der Waals surface area contributed by atoms with E-state index in [0.717, 1.165) is 37.4 Å². The summed E-state index contributed by atoms with van der Waals surface area (Å²) in [5.74, 6) is 0.714. The molecule has 2 saturated heterocycles. The van der Waals surface area contributed by atoms with Crippen LogP contribution in [0.25, 0.3) is 0 Å². The quantitative estimate of drug-likeness (QED) is 0.535. The Morgan fingerprint density at radius 2 is 1.52 bits per heavy atom. The Morgan fingerprint density at radius 1 is 0.935 bits per heavy atom. The first kappa shape index (κ1) is 20.1. The summed E-state index contributed by atoms with van der Waals surface area (Å²) in [6.45, 7) is 3.03. The number of nitrogens with zero attached hydrogens (tertiary/aromatic N) is 3. The maximum absolute atomic E-state index is 12.9. The molecular formula is C24H29N3O4. The van der Waals surface area contributed by atoms with Gasteiger partial charge in [-0.2, -0.15) is 0 Å². The van der Waals surface area contributed by atoms with E-state index in [1.54, 1.807) is 7.11 Å². The number of fused-ring (bicyclic) bond motifs is 1. The monoisotopic (exact) mass is 423 g/mol. The molecule has 1 aromatic carbocycles.